The van der Waals surface area contributed by atoms with Crippen LogP contribution in [0.3, 0.4) is 0 Å². The molecule has 0 radical (unpaired) electrons. The number of rotatable bonds is 3. The average Bonchev–Trinajstić information content (AvgIpc) is 2.68. The number of carbonyl (C=O) groups is 1. The molecule has 1 fully saturated rings. The molecule has 1 heterocycles. The number of benzene rings is 1. The van der Waals surface area contributed by atoms with E-state index in [9.17, 15) is 9.18 Å². The Balaban J connectivity index is 0.00000180. The van der Waals surface area contributed by atoms with Crippen LogP contribution in [0.25, 0.3) is 0 Å². The molecular weight excluding hydrogens is 292 g/mol. The molecular formula is C12H16Cl2FN3O. The van der Waals surface area contributed by atoms with Crippen LogP contribution >= 0.6 is 24.0 Å². The molecule has 3 N–H and O–H groups in total. The summed E-state index contributed by atoms with van der Waals surface area (Å²) in [6.07, 6.45) is 0.907. The van der Waals surface area contributed by atoms with Crippen molar-refractivity contribution < 1.29 is 9.18 Å². The van der Waals surface area contributed by atoms with Gasteiger partial charge in [-0.05, 0) is 24.6 Å². The fraction of sp³-hybridized carbons (Fsp3) is 0.417. The van der Waals surface area contributed by atoms with E-state index in [1.165, 1.54) is 18.2 Å². The molecule has 0 saturated carbocycles. The molecule has 1 atom stereocenters. The Morgan fingerprint density at radius 3 is 2.89 bits per heavy atom. The van der Waals surface area contributed by atoms with Crippen LogP contribution in [0.2, 0.25) is 5.02 Å². The van der Waals surface area contributed by atoms with Gasteiger partial charge in [-0.2, -0.15) is 0 Å². The maximum atomic E-state index is 12.8. The highest BCUT2D eigenvalue weighted by Gasteiger charge is 2.21. The Labute approximate surface area is 122 Å². The molecule has 1 aliphatic heterocycles. The van der Waals surface area contributed by atoms with Gasteiger partial charge in [0.15, 0.2) is 0 Å². The van der Waals surface area contributed by atoms with Gasteiger partial charge < -0.3 is 11.1 Å². The van der Waals surface area contributed by atoms with Gasteiger partial charge in [-0.15, -0.1) is 12.4 Å². The highest BCUT2D eigenvalue weighted by molar-refractivity contribution is 6.33. The molecule has 1 aromatic carbocycles. The minimum atomic E-state index is -0.427. The lowest BCUT2D eigenvalue weighted by Crippen LogP contribution is -2.33. The Kier molecular flexibility index (Phi) is 6.00. The monoisotopic (exact) mass is 307 g/mol. The normalized spacial score (nSPS) is 19.0. The highest BCUT2D eigenvalue weighted by atomic mass is 35.5. The van der Waals surface area contributed by atoms with Crippen molar-refractivity contribution in [2.45, 2.75) is 12.5 Å². The van der Waals surface area contributed by atoms with Gasteiger partial charge in [0, 0.05) is 19.1 Å². The number of likely N-dealkylation sites (tertiary alicyclic amines) is 1. The number of amides is 1. The summed E-state index contributed by atoms with van der Waals surface area (Å²) in [4.78, 5) is 13.7. The molecule has 1 saturated heterocycles. The fourth-order valence-corrected chi connectivity index (χ4v) is 2.20. The van der Waals surface area contributed by atoms with Crippen LogP contribution in [-0.2, 0) is 4.79 Å². The topological polar surface area (TPSA) is 58.4 Å². The molecule has 4 nitrogen and oxygen atoms in total. The third-order valence-corrected chi connectivity index (χ3v) is 3.19. The summed E-state index contributed by atoms with van der Waals surface area (Å²) in [6.45, 7) is 1.83. The van der Waals surface area contributed by atoms with E-state index in [0.717, 1.165) is 19.5 Å². The van der Waals surface area contributed by atoms with Gasteiger partial charge >= 0.3 is 0 Å². The summed E-state index contributed by atoms with van der Waals surface area (Å²) in [5.74, 6) is -0.596. The van der Waals surface area contributed by atoms with Gasteiger partial charge in [-0.3, -0.25) is 9.69 Å². The second kappa shape index (κ2) is 7.05. The largest absolute Gasteiger partial charge is 0.326 e. The molecule has 1 amide bonds. The van der Waals surface area contributed by atoms with E-state index >= 15 is 0 Å². The number of nitrogens with one attached hydrogen (secondary N) is 1. The lowest BCUT2D eigenvalue weighted by Gasteiger charge is -2.15. The first-order valence-corrected chi connectivity index (χ1v) is 6.15. The van der Waals surface area contributed by atoms with Gasteiger partial charge in [0.1, 0.15) is 5.82 Å². The Hall–Kier alpha value is -0.880. The van der Waals surface area contributed by atoms with E-state index in [-0.39, 0.29) is 35.9 Å². The molecule has 7 heteroatoms. The van der Waals surface area contributed by atoms with Crippen LogP contribution in [0.4, 0.5) is 10.1 Å². The third kappa shape index (κ3) is 4.62. The van der Waals surface area contributed by atoms with E-state index in [2.05, 4.69) is 5.32 Å². The Morgan fingerprint density at radius 2 is 2.32 bits per heavy atom. The van der Waals surface area contributed by atoms with Crippen molar-refractivity contribution in [3.8, 4) is 0 Å². The van der Waals surface area contributed by atoms with Gasteiger partial charge in [0.25, 0.3) is 0 Å². The van der Waals surface area contributed by atoms with Crippen molar-refractivity contribution in [2.75, 3.05) is 25.0 Å². The van der Waals surface area contributed by atoms with Gasteiger partial charge in [-0.1, -0.05) is 11.6 Å². The van der Waals surface area contributed by atoms with Gasteiger partial charge in [0.2, 0.25) is 5.91 Å². The van der Waals surface area contributed by atoms with Crippen LogP contribution in [0.5, 0.6) is 0 Å². The highest BCUT2D eigenvalue weighted by Crippen LogP contribution is 2.22. The SMILES string of the molecule is Cl.N[C@H]1CCN(CC(=O)Nc2ccc(F)cc2Cl)C1. The maximum Gasteiger partial charge on any atom is 0.238 e. The molecule has 0 unspecified atom stereocenters. The van der Waals surface area contributed by atoms with E-state index in [1.54, 1.807) is 0 Å². The number of anilines is 1. The molecule has 2 rings (SSSR count). The summed E-state index contributed by atoms with van der Waals surface area (Å²) in [5.41, 5.74) is 6.18. The summed E-state index contributed by atoms with van der Waals surface area (Å²) < 4.78 is 12.8. The van der Waals surface area contributed by atoms with Gasteiger partial charge in [0.05, 0.1) is 17.3 Å². The minimum Gasteiger partial charge on any atom is -0.326 e. The molecule has 1 aliphatic rings. The van der Waals surface area contributed by atoms with Crippen molar-refractivity contribution in [3.05, 3.63) is 29.0 Å². The molecule has 19 heavy (non-hydrogen) atoms. The standard InChI is InChI=1S/C12H15ClFN3O.ClH/c13-10-5-8(14)1-2-11(10)16-12(18)7-17-4-3-9(15)6-17;/h1-2,5,9H,3-4,6-7,15H2,(H,16,18);1H/t9-;/m0./s1. The Bertz CT molecular complexity index is 459. The Morgan fingerprint density at radius 1 is 1.58 bits per heavy atom. The zero-order valence-corrected chi connectivity index (χ0v) is 11.8. The van der Waals surface area contributed by atoms with E-state index in [4.69, 9.17) is 17.3 Å². The number of halogens is 3. The lowest BCUT2D eigenvalue weighted by atomic mass is 10.3. The first-order valence-electron chi connectivity index (χ1n) is 5.77. The molecule has 106 valence electrons. The maximum absolute atomic E-state index is 12.8. The average molecular weight is 308 g/mol. The molecule has 0 aromatic heterocycles. The summed E-state index contributed by atoms with van der Waals surface area (Å²) >= 11 is 5.83. The van der Waals surface area contributed by atoms with Crippen LogP contribution in [0.1, 0.15) is 6.42 Å². The molecule has 0 spiro atoms. The summed E-state index contributed by atoms with van der Waals surface area (Å²) in [6, 6.07) is 4.02. The zero-order chi connectivity index (χ0) is 13.1. The second-order valence-corrected chi connectivity index (χ2v) is 4.86. The quantitative estimate of drug-likeness (QED) is 0.896. The third-order valence-electron chi connectivity index (χ3n) is 2.88. The summed E-state index contributed by atoms with van der Waals surface area (Å²) in [5, 5.41) is 2.85. The first kappa shape index (κ1) is 16.2. The van der Waals surface area contributed by atoms with Crippen molar-refractivity contribution in [3.63, 3.8) is 0 Å². The number of hydrogen-bond donors (Lipinski definition) is 2. The van der Waals surface area contributed by atoms with Crippen molar-refractivity contribution in [1.29, 1.82) is 0 Å². The van der Waals surface area contributed by atoms with Gasteiger partial charge in [-0.25, -0.2) is 4.39 Å². The zero-order valence-electron chi connectivity index (χ0n) is 10.2. The second-order valence-electron chi connectivity index (χ2n) is 4.46. The van der Waals surface area contributed by atoms with E-state index in [0.29, 0.717) is 5.69 Å². The number of carbonyl (C=O) groups excluding carboxylic acids is 1. The molecule has 0 aliphatic carbocycles. The van der Waals surface area contributed by atoms with E-state index in [1.807, 2.05) is 4.90 Å². The predicted molar refractivity (Wildman–Crippen MR) is 76.3 cm³/mol. The number of nitrogens with two attached hydrogens (primary N) is 1. The summed E-state index contributed by atoms with van der Waals surface area (Å²) in [7, 11) is 0. The van der Waals surface area contributed by atoms with Crippen molar-refractivity contribution >= 4 is 35.6 Å². The van der Waals surface area contributed by atoms with Crippen molar-refractivity contribution in [1.82, 2.24) is 4.90 Å². The first-order chi connectivity index (χ1) is 8.54. The molecule has 1 aromatic rings. The van der Waals surface area contributed by atoms with Crippen LogP contribution in [-0.4, -0.2) is 36.5 Å². The molecule has 0 bridgehead atoms. The number of nitrogens with zero attached hydrogens (tertiary/aromatic N) is 1. The minimum absolute atomic E-state index is 0. The predicted octanol–water partition coefficient (Wildman–Crippen LogP) is 1.87. The van der Waals surface area contributed by atoms with Crippen molar-refractivity contribution in [2.24, 2.45) is 5.73 Å². The van der Waals surface area contributed by atoms with Crippen LogP contribution in [0.15, 0.2) is 18.2 Å². The fourth-order valence-electron chi connectivity index (χ4n) is 1.99. The van der Waals surface area contributed by atoms with E-state index < -0.39 is 5.82 Å². The smallest absolute Gasteiger partial charge is 0.238 e. The van der Waals surface area contributed by atoms with Crippen LogP contribution < -0.4 is 11.1 Å². The lowest BCUT2D eigenvalue weighted by molar-refractivity contribution is -0.117. The number of hydrogen-bond acceptors (Lipinski definition) is 3. The van der Waals surface area contributed by atoms with Crippen LogP contribution in [0, 0.1) is 5.82 Å².